The van der Waals surface area contributed by atoms with Gasteiger partial charge in [0, 0.05) is 34.8 Å². The van der Waals surface area contributed by atoms with Gasteiger partial charge in [-0.3, -0.25) is 9.36 Å². The molecular weight excluding hydrogens is 432 g/mol. The van der Waals surface area contributed by atoms with Crippen LogP contribution < -0.4 is 0 Å². The van der Waals surface area contributed by atoms with Crippen molar-refractivity contribution in [2.45, 2.75) is 51.4 Å². The normalized spacial score (nSPS) is 16.0. The standard InChI is InChI=1S/C26H28N4O2S/c1-16-11-17(2)24(18(3)12-16)23(31)15-33-26-29-28-25(30(26)14-19-7-6-10-32-19)21-13-27-22-9-5-4-8-20(21)22/h4-5,8-9,11-13,19,27H,6-7,10,14-15H2,1-3H3. The van der Waals surface area contributed by atoms with Crippen molar-refractivity contribution in [1.29, 1.82) is 0 Å². The Bertz CT molecular complexity index is 1290. The summed E-state index contributed by atoms with van der Waals surface area (Å²) in [7, 11) is 0. The van der Waals surface area contributed by atoms with Gasteiger partial charge in [-0.15, -0.1) is 10.2 Å². The second kappa shape index (κ2) is 9.15. The highest BCUT2D eigenvalue weighted by Crippen LogP contribution is 2.31. The number of aromatic amines is 1. The van der Waals surface area contributed by atoms with Crippen molar-refractivity contribution in [3.05, 3.63) is 64.8 Å². The summed E-state index contributed by atoms with van der Waals surface area (Å²) in [6.45, 7) is 7.55. The molecule has 6 nitrogen and oxygen atoms in total. The van der Waals surface area contributed by atoms with Crippen molar-refractivity contribution in [1.82, 2.24) is 19.7 Å². The van der Waals surface area contributed by atoms with Gasteiger partial charge in [0.1, 0.15) is 0 Å². The number of hydrogen-bond acceptors (Lipinski definition) is 5. The summed E-state index contributed by atoms with van der Waals surface area (Å²) in [5.41, 5.74) is 6.12. The van der Waals surface area contributed by atoms with Crippen LogP contribution in [0, 0.1) is 20.8 Å². The Labute approximate surface area is 197 Å². The Morgan fingerprint density at radius 1 is 1.18 bits per heavy atom. The van der Waals surface area contributed by atoms with Crippen LogP contribution in [-0.2, 0) is 11.3 Å². The molecule has 1 atom stereocenters. The molecule has 1 N–H and O–H groups in total. The highest BCUT2D eigenvalue weighted by molar-refractivity contribution is 7.99. The number of rotatable bonds is 7. The van der Waals surface area contributed by atoms with Crippen molar-refractivity contribution in [2.24, 2.45) is 0 Å². The topological polar surface area (TPSA) is 72.8 Å². The molecule has 1 aliphatic heterocycles. The van der Waals surface area contributed by atoms with E-state index in [1.807, 2.05) is 32.2 Å². The van der Waals surface area contributed by atoms with E-state index < -0.39 is 0 Å². The van der Waals surface area contributed by atoms with Crippen LogP contribution in [0.3, 0.4) is 0 Å². The molecule has 0 bridgehead atoms. The number of aryl methyl sites for hydroxylation is 3. The fraction of sp³-hybridized carbons (Fsp3) is 0.346. The third-order valence-electron chi connectivity index (χ3n) is 6.25. The summed E-state index contributed by atoms with van der Waals surface area (Å²) in [4.78, 5) is 16.5. The Balaban J connectivity index is 1.45. The predicted octanol–water partition coefficient (Wildman–Crippen LogP) is 5.51. The molecule has 3 heterocycles. The van der Waals surface area contributed by atoms with Crippen LogP contribution in [0.1, 0.15) is 39.9 Å². The number of nitrogens with zero attached hydrogens (tertiary/aromatic N) is 3. The van der Waals surface area contributed by atoms with E-state index in [1.54, 1.807) is 0 Å². The minimum atomic E-state index is 0.121. The fourth-order valence-corrected chi connectivity index (χ4v) is 5.65. The van der Waals surface area contributed by atoms with Gasteiger partial charge in [-0.25, -0.2) is 0 Å². The predicted molar refractivity (Wildman–Crippen MR) is 132 cm³/mol. The lowest BCUT2D eigenvalue weighted by Gasteiger charge is -2.15. The highest BCUT2D eigenvalue weighted by Gasteiger charge is 2.24. The molecule has 2 aromatic heterocycles. The first-order valence-corrected chi connectivity index (χ1v) is 12.3. The molecule has 0 radical (unpaired) electrons. The number of hydrogen-bond donors (Lipinski definition) is 1. The van der Waals surface area contributed by atoms with E-state index in [0.717, 1.165) is 63.6 Å². The molecule has 5 rings (SSSR count). The van der Waals surface area contributed by atoms with Crippen molar-refractivity contribution >= 4 is 28.4 Å². The lowest BCUT2D eigenvalue weighted by atomic mass is 9.97. The van der Waals surface area contributed by atoms with Gasteiger partial charge >= 0.3 is 0 Å². The zero-order valence-electron chi connectivity index (χ0n) is 19.2. The highest BCUT2D eigenvalue weighted by atomic mass is 32.2. The number of benzene rings is 2. The number of carbonyl (C=O) groups excluding carboxylic acids is 1. The average molecular weight is 461 g/mol. The molecule has 1 fully saturated rings. The van der Waals surface area contributed by atoms with Gasteiger partial charge in [0.15, 0.2) is 16.8 Å². The third kappa shape index (κ3) is 4.35. The molecule has 1 unspecified atom stereocenters. The Hall–Kier alpha value is -2.90. The summed E-state index contributed by atoms with van der Waals surface area (Å²) in [6.07, 6.45) is 4.22. The maximum absolute atomic E-state index is 13.1. The molecule has 1 aliphatic rings. The van der Waals surface area contributed by atoms with Crippen LogP contribution in [-0.4, -0.2) is 44.0 Å². The van der Waals surface area contributed by atoms with E-state index in [2.05, 4.69) is 50.9 Å². The van der Waals surface area contributed by atoms with Crippen molar-refractivity contribution < 1.29 is 9.53 Å². The number of ketones is 1. The van der Waals surface area contributed by atoms with Crippen LogP contribution in [0.4, 0.5) is 0 Å². The number of Topliss-reactive ketones (excluding diaryl/α,β-unsaturated/α-hetero) is 1. The smallest absolute Gasteiger partial charge is 0.192 e. The molecular formula is C26H28N4O2S. The summed E-state index contributed by atoms with van der Waals surface area (Å²) in [5, 5.41) is 10.9. The molecule has 7 heteroatoms. The van der Waals surface area contributed by atoms with Crippen molar-refractivity contribution in [3.63, 3.8) is 0 Å². The van der Waals surface area contributed by atoms with Crippen LogP contribution in [0.15, 0.2) is 47.8 Å². The van der Waals surface area contributed by atoms with E-state index in [4.69, 9.17) is 4.74 Å². The lowest BCUT2D eigenvalue weighted by molar-refractivity contribution is 0.0953. The lowest BCUT2D eigenvalue weighted by Crippen LogP contribution is -2.17. The maximum Gasteiger partial charge on any atom is 0.192 e. The molecule has 2 aromatic carbocycles. The Morgan fingerprint density at radius 2 is 1.97 bits per heavy atom. The monoisotopic (exact) mass is 460 g/mol. The second-order valence-corrected chi connectivity index (χ2v) is 9.73. The minimum Gasteiger partial charge on any atom is -0.376 e. The molecule has 0 saturated carbocycles. The molecule has 0 aliphatic carbocycles. The summed E-state index contributed by atoms with van der Waals surface area (Å²) < 4.78 is 8.04. The zero-order valence-corrected chi connectivity index (χ0v) is 20.0. The zero-order chi connectivity index (χ0) is 22.9. The van der Waals surface area contributed by atoms with Gasteiger partial charge in [0.05, 0.1) is 18.4 Å². The second-order valence-electron chi connectivity index (χ2n) is 8.79. The fourth-order valence-electron chi connectivity index (χ4n) is 4.83. The number of carbonyl (C=O) groups is 1. The van der Waals surface area contributed by atoms with E-state index >= 15 is 0 Å². The van der Waals surface area contributed by atoms with Crippen LogP contribution in [0.2, 0.25) is 0 Å². The average Bonchev–Trinajstić information content (AvgIpc) is 3.52. The third-order valence-corrected chi connectivity index (χ3v) is 7.21. The number of nitrogens with one attached hydrogen (secondary N) is 1. The van der Waals surface area contributed by atoms with Gasteiger partial charge in [-0.2, -0.15) is 0 Å². The molecule has 0 amide bonds. The van der Waals surface area contributed by atoms with Gasteiger partial charge in [-0.05, 0) is 50.8 Å². The van der Waals surface area contributed by atoms with E-state index in [1.165, 1.54) is 17.3 Å². The molecule has 33 heavy (non-hydrogen) atoms. The van der Waals surface area contributed by atoms with Crippen LogP contribution >= 0.6 is 11.8 Å². The number of aromatic nitrogens is 4. The first-order chi connectivity index (χ1) is 16.0. The van der Waals surface area contributed by atoms with Crippen molar-refractivity contribution in [2.75, 3.05) is 12.4 Å². The number of para-hydroxylation sites is 1. The van der Waals surface area contributed by atoms with Gasteiger partial charge < -0.3 is 9.72 Å². The van der Waals surface area contributed by atoms with Gasteiger partial charge in [0.25, 0.3) is 0 Å². The molecule has 0 spiro atoms. The van der Waals surface area contributed by atoms with Crippen LogP contribution in [0.5, 0.6) is 0 Å². The van der Waals surface area contributed by atoms with Crippen LogP contribution in [0.25, 0.3) is 22.3 Å². The first kappa shape index (κ1) is 21.9. The molecule has 1 saturated heterocycles. The quantitative estimate of drug-likeness (QED) is 0.291. The number of H-pyrrole nitrogens is 1. The molecule has 4 aromatic rings. The largest absolute Gasteiger partial charge is 0.376 e. The summed E-state index contributed by atoms with van der Waals surface area (Å²) in [6, 6.07) is 12.3. The maximum atomic E-state index is 13.1. The number of ether oxygens (including phenoxy) is 1. The Morgan fingerprint density at radius 3 is 2.73 bits per heavy atom. The van der Waals surface area contributed by atoms with Gasteiger partial charge in [0.2, 0.25) is 0 Å². The van der Waals surface area contributed by atoms with Gasteiger partial charge in [-0.1, -0.05) is 47.7 Å². The van der Waals surface area contributed by atoms with E-state index in [9.17, 15) is 4.79 Å². The van der Waals surface area contributed by atoms with Crippen molar-refractivity contribution in [3.8, 4) is 11.4 Å². The summed E-state index contributed by atoms with van der Waals surface area (Å²) in [5.74, 6) is 1.25. The summed E-state index contributed by atoms with van der Waals surface area (Å²) >= 11 is 1.45. The minimum absolute atomic E-state index is 0.121. The van der Waals surface area contributed by atoms with E-state index in [-0.39, 0.29) is 11.9 Å². The molecule has 170 valence electrons. The number of thioether (sulfide) groups is 1. The Kier molecular flexibility index (Phi) is 6.08. The SMILES string of the molecule is Cc1cc(C)c(C(=O)CSc2nnc(-c3c[nH]c4ccccc34)n2CC2CCCO2)c(C)c1. The number of fused-ring (bicyclic) bond motifs is 1. The van der Waals surface area contributed by atoms with E-state index in [0.29, 0.717) is 12.3 Å². The first-order valence-electron chi connectivity index (χ1n) is 11.4.